The second kappa shape index (κ2) is 5.53. The van der Waals surface area contributed by atoms with E-state index in [9.17, 15) is 0 Å². The number of rotatable bonds is 5. The molecule has 0 saturated carbocycles. The van der Waals surface area contributed by atoms with Crippen molar-refractivity contribution in [2.75, 3.05) is 13.6 Å². The summed E-state index contributed by atoms with van der Waals surface area (Å²) >= 11 is 0. The molecule has 0 saturated heterocycles. The van der Waals surface area contributed by atoms with Gasteiger partial charge in [-0.15, -0.1) is 0 Å². The van der Waals surface area contributed by atoms with Gasteiger partial charge in [-0.25, -0.2) is 4.98 Å². The molecule has 0 aliphatic heterocycles. The van der Waals surface area contributed by atoms with Crippen molar-refractivity contribution >= 4 is 11.1 Å². The highest BCUT2D eigenvalue weighted by molar-refractivity contribution is 5.73. The fourth-order valence-corrected chi connectivity index (χ4v) is 2.32. The second-order valence-corrected chi connectivity index (χ2v) is 5.30. The normalized spacial score (nSPS) is 13.4. The van der Waals surface area contributed by atoms with Crippen LogP contribution in [0.4, 0.5) is 0 Å². The maximum absolute atomic E-state index is 5.50. The third-order valence-electron chi connectivity index (χ3n) is 3.47. The smallest absolute Gasteiger partial charge is 0.192 e. The summed E-state index contributed by atoms with van der Waals surface area (Å²) < 4.78 is 5.50. The highest BCUT2D eigenvalue weighted by atomic mass is 16.3. The zero-order valence-corrected chi connectivity index (χ0v) is 11.7. The van der Waals surface area contributed by atoms with Crippen LogP contribution in [0.5, 0.6) is 0 Å². The lowest BCUT2D eigenvalue weighted by Crippen LogP contribution is -2.25. The molecule has 3 nitrogen and oxygen atoms in total. The monoisotopic (exact) mass is 246 g/mol. The molecule has 2 rings (SSSR count). The first-order valence-corrected chi connectivity index (χ1v) is 6.61. The number of fused-ring (bicyclic) bond motifs is 1. The van der Waals surface area contributed by atoms with E-state index in [0.717, 1.165) is 30.0 Å². The molecule has 1 heterocycles. The predicted octanol–water partition coefficient (Wildman–Crippen LogP) is 3.17. The van der Waals surface area contributed by atoms with Crippen LogP contribution in [-0.2, 0) is 6.42 Å². The van der Waals surface area contributed by atoms with Crippen molar-refractivity contribution < 1.29 is 4.42 Å². The van der Waals surface area contributed by atoms with Crippen molar-refractivity contribution in [3.05, 3.63) is 29.7 Å². The zero-order chi connectivity index (χ0) is 13.1. The molecular weight excluding hydrogens is 224 g/mol. The largest absolute Gasteiger partial charge is 0.441 e. The number of oxazole rings is 1. The minimum absolute atomic E-state index is 0.653. The summed E-state index contributed by atoms with van der Waals surface area (Å²) in [4.78, 5) is 4.39. The Labute approximate surface area is 109 Å². The quantitative estimate of drug-likeness (QED) is 0.880. The molecular formula is C15H22N2O. The van der Waals surface area contributed by atoms with Gasteiger partial charge in [-0.05, 0) is 49.5 Å². The summed E-state index contributed by atoms with van der Waals surface area (Å²) in [6, 6.07) is 6.33. The Morgan fingerprint density at radius 1 is 1.33 bits per heavy atom. The molecule has 0 bridgehead atoms. The average molecular weight is 246 g/mol. The van der Waals surface area contributed by atoms with Crippen LogP contribution in [-0.4, -0.2) is 18.6 Å². The number of hydrogen-bond donors (Lipinski definition) is 1. The van der Waals surface area contributed by atoms with E-state index in [2.05, 4.69) is 36.3 Å². The highest BCUT2D eigenvalue weighted by Crippen LogP contribution is 2.21. The molecule has 0 aliphatic carbocycles. The van der Waals surface area contributed by atoms with Crippen LogP contribution >= 0.6 is 0 Å². The molecule has 0 fully saturated rings. The van der Waals surface area contributed by atoms with Gasteiger partial charge < -0.3 is 9.73 Å². The SMILES string of the molecule is CNCC(Cc1ccc2oc(C)nc2c1)C(C)C. The van der Waals surface area contributed by atoms with Gasteiger partial charge in [0.25, 0.3) is 0 Å². The number of nitrogens with zero attached hydrogens (tertiary/aromatic N) is 1. The van der Waals surface area contributed by atoms with Crippen LogP contribution in [0, 0.1) is 18.8 Å². The lowest BCUT2D eigenvalue weighted by molar-refractivity contribution is 0.370. The number of nitrogens with one attached hydrogen (secondary N) is 1. The fourth-order valence-electron chi connectivity index (χ4n) is 2.32. The Morgan fingerprint density at radius 2 is 2.11 bits per heavy atom. The van der Waals surface area contributed by atoms with Gasteiger partial charge in [-0.2, -0.15) is 0 Å². The average Bonchev–Trinajstić information content (AvgIpc) is 2.67. The molecule has 0 spiro atoms. The first kappa shape index (κ1) is 13.1. The summed E-state index contributed by atoms with van der Waals surface area (Å²) in [5.41, 5.74) is 3.19. The van der Waals surface area contributed by atoms with Gasteiger partial charge in [0.15, 0.2) is 11.5 Å². The second-order valence-electron chi connectivity index (χ2n) is 5.30. The topological polar surface area (TPSA) is 38.1 Å². The summed E-state index contributed by atoms with van der Waals surface area (Å²) in [5.74, 6) is 2.06. The van der Waals surface area contributed by atoms with E-state index in [4.69, 9.17) is 4.42 Å². The molecule has 1 unspecified atom stereocenters. The number of aromatic nitrogens is 1. The summed E-state index contributed by atoms with van der Waals surface area (Å²) in [7, 11) is 2.01. The minimum atomic E-state index is 0.653. The van der Waals surface area contributed by atoms with Crippen molar-refractivity contribution in [2.45, 2.75) is 27.2 Å². The van der Waals surface area contributed by atoms with E-state index in [-0.39, 0.29) is 0 Å². The molecule has 0 radical (unpaired) electrons. The van der Waals surface area contributed by atoms with Gasteiger partial charge >= 0.3 is 0 Å². The standard InChI is InChI=1S/C15H22N2O/c1-10(2)13(9-16-4)7-12-5-6-15-14(8-12)17-11(3)18-15/h5-6,8,10,13,16H,7,9H2,1-4H3. The Morgan fingerprint density at radius 3 is 2.78 bits per heavy atom. The van der Waals surface area contributed by atoms with Gasteiger partial charge in [0.1, 0.15) is 5.52 Å². The van der Waals surface area contributed by atoms with E-state index < -0.39 is 0 Å². The van der Waals surface area contributed by atoms with E-state index in [1.54, 1.807) is 0 Å². The van der Waals surface area contributed by atoms with Gasteiger partial charge in [0.2, 0.25) is 0 Å². The fraction of sp³-hybridized carbons (Fsp3) is 0.533. The molecule has 1 atom stereocenters. The number of hydrogen-bond acceptors (Lipinski definition) is 3. The van der Waals surface area contributed by atoms with E-state index in [0.29, 0.717) is 11.8 Å². The predicted molar refractivity (Wildman–Crippen MR) is 74.7 cm³/mol. The van der Waals surface area contributed by atoms with Crippen molar-refractivity contribution in [1.29, 1.82) is 0 Å². The zero-order valence-electron chi connectivity index (χ0n) is 11.7. The van der Waals surface area contributed by atoms with Gasteiger partial charge in [0.05, 0.1) is 0 Å². The molecule has 0 amide bonds. The molecule has 1 N–H and O–H groups in total. The third kappa shape index (κ3) is 2.91. The van der Waals surface area contributed by atoms with Gasteiger partial charge in [0, 0.05) is 6.92 Å². The van der Waals surface area contributed by atoms with Crippen LogP contribution in [0.25, 0.3) is 11.1 Å². The lowest BCUT2D eigenvalue weighted by atomic mass is 9.89. The third-order valence-corrected chi connectivity index (χ3v) is 3.47. The maximum atomic E-state index is 5.50. The van der Waals surface area contributed by atoms with E-state index in [1.165, 1.54) is 5.56 Å². The highest BCUT2D eigenvalue weighted by Gasteiger charge is 2.14. The van der Waals surface area contributed by atoms with Crippen LogP contribution in [0.3, 0.4) is 0 Å². The number of aryl methyl sites for hydroxylation is 1. The van der Waals surface area contributed by atoms with Crippen molar-refractivity contribution in [2.24, 2.45) is 11.8 Å². The molecule has 2 aromatic rings. The van der Waals surface area contributed by atoms with Crippen LogP contribution in [0.15, 0.2) is 22.6 Å². The number of benzene rings is 1. The summed E-state index contributed by atoms with van der Waals surface area (Å²) in [6.45, 7) is 7.49. The molecule has 0 aliphatic rings. The minimum Gasteiger partial charge on any atom is -0.441 e. The molecule has 1 aromatic carbocycles. The Kier molecular flexibility index (Phi) is 4.02. The van der Waals surface area contributed by atoms with Gasteiger partial charge in [-0.3, -0.25) is 0 Å². The van der Waals surface area contributed by atoms with Gasteiger partial charge in [-0.1, -0.05) is 19.9 Å². The summed E-state index contributed by atoms with van der Waals surface area (Å²) in [6.07, 6.45) is 1.08. The molecule has 98 valence electrons. The van der Waals surface area contributed by atoms with Crippen molar-refractivity contribution in [1.82, 2.24) is 10.3 Å². The van der Waals surface area contributed by atoms with Crippen molar-refractivity contribution in [3.63, 3.8) is 0 Å². The molecule has 3 heteroatoms. The van der Waals surface area contributed by atoms with E-state index in [1.807, 2.05) is 20.0 Å². The van der Waals surface area contributed by atoms with Crippen LogP contribution in [0.1, 0.15) is 25.3 Å². The maximum Gasteiger partial charge on any atom is 0.192 e. The van der Waals surface area contributed by atoms with Crippen LogP contribution in [0.2, 0.25) is 0 Å². The Hall–Kier alpha value is -1.35. The molecule has 1 aromatic heterocycles. The molecule has 18 heavy (non-hydrogen) atoms. The van der Waals surface area contributed by atoms with E-state index >= 15 is 0 Å². The lowest BCUT2D eigenvalue weighted by Gasteiger charge is -2.20. The summed E-state index contributed by atoms with van der Waals surface area (Å²) in [5, 5.41) is 3.28. The van der Waals surface area contributed by atoms with Crippen molar-refractivity contribution in [3.8, 4) is 0 Å². The first-order valence-electron chi connectivity index (χ1n) is 6.61. The Bertz CT molecular complexity index is 516. The first-order chi connectivity index (χ1) is 8.60. The Balaban J connectivity index is 2.19. The van der Waals surface area contributed by atoms with Crippen LogP contribution < -0.4 is 5.32 Å².